The van der Waals surface area contributed by atoms with Crippen molar-refractivity contribution in [3.8, 4) is 0 Å². The lowest BCUT2D eigenvalue weighted by molar-refractivity contribution is 0.152. The molecule has 0 saturated carbocycles. The predicted molar refractivity (Wildman–Crippen MR) is 112 cm³/mol. The lowest BCUT2D eigenvalue weighted by Crippen LogP contribution is -2.48. The van der Waals surface area contributed by atoms with E-state index >= 15 is 0 Å². The van der Waals surface area contributed by atoms with Gasteiger partial charge >= 0.3 is 0 Å². The van der Waals surface area contributed by atoms with Gasteiger partial charge in [-0.15, -0.1) is 0 Å². The van der Waals surface area contributed by atoms with Crippen molar-refractivity contribution in [3.05, 3.63) is 28.0 Å². The van der Waals surface area contributed by atoms with Crippen LogP contribution in [0.5, 0.6) is 0 Å². The maximum absolute atomic E-state index is 6.33. The Morgan fingerprint density at radius 3 is 2.42 bits per heavy atom. The number of nitrogens with zero attached hydrogens (tertiary/aromatic N) is 3. The van der Waals surface area contributed by atoms with Gasteiger partial charge in [-0.3, -0.25) is 4.99 Å². The molecular weight excluding hydrogens is 362 g/mol. The fourth-order valence-corrected chi connectivity index (χ4v) is 4.03. The molecule has 1 aliphatic rings. The molecule has 0 aromatic carbocycles. The Kier molecular flexibility index (Phi) is 6.26. The molecule has 1 aliphatic heterocycles. The summed E-state index contributed by atoms with van der Waals surface area (Å²) in [4.78, 5) is 11.5. The van der Waals surface area contributed by atoms with E-state index in [1.807, 2.05) is 6.07 Å². The summed E-state index contributed by atoms with van der Waals surface area (Å²) in [5.41, 5.74) is 0.0358. The predicted octanol–water partition coefficient (Wildman–Crippen LogP) is 4.19. The monoisotopic (exact) mass is 395 g/mol. The molecule has 1 aromatic rings. The van der Waals surface area contributed by atoms with E-state index in [1.54, 1.807) is 6.20 Å². The van der Waals surface area contributed by atoms with Crippen molar-refractivity contribution in [2.75, 3.05) is 13.2 Å². The zero-order chi connectivity index (χ0) is 19.8. The largest absolute Gasteiger partial charge is 0.417 e. The van der Waals surface area contributed by atoms with Crippen LogP contribution in [0.15, 0.2) is 17.3 Å². The highest BCUT2D eigenvalue weighted by Crippen LogP contribution is 2.36. The van der Waals surface area contributed by atoms with Gasteiger partial charge in [0, 0.05) is 30.0 Å². The first-order valence-corrected chi connectivity index (χ1v) is 12.7. The number of fused-ring (bicyclic) bond motifs is 1. The van der Waals surface area contributed by atoms with Crippen molar-refractivity contribution in [2.24, 2.45) is 10.4 Å². The minimum absolute atomic E-state index is 0.0358. The van der Waals surface area contributed by atoms with Crippen molar-refractivity contribution in [1.82, 2.24) is 9.88 Å². The second-order valence-corrected chi connectivity index (χ2v) is 15.0. The van der Waals surface area contributed by atoms with Gasteiger partial charge in [0.05, 0.1) is 11.6 Å². The minimum atomic E-state index is -1.69. The number of rotatable bonds is 5. The summed E-state index contributed by atoms with van der Waals surface area (Å²) in [5.74, 6) is 0. The average Bonchev–Trinajstić information content (AvgIpc) is 2.48. The van der Waals surface area contributed by atoms with Gasteiger partial charge in [0.25, 0.3) is 0 Å². The Morgan fingerprint density at radius 2 is 1.85 bits per heavy atom. The number of aromatic nitrogens is 1. The summed E-state index contributed by atoms with van der Waals surface area (Å²) >= 11 is 6.06. The molecule has 26 heavy (non-hydrogen) atoms. The van der Waals surface area contributed by atoms with Crippen LogP contribution in [0, 0.1) is 5.41 Å². The standard InChI is InChI=1S/C20H34ClN3OSi/c1-19(2,3)18-23-16-13-22-17(21)12-15(16)14-24(18)10-9-11-25-26(7,8)20(4,5)6/h12-14,18H,9-11H2,1-8H3. The van der Waals surface area contributed by atoms with Gasteiger partial charge in [0.2, 0.25) is 0 Å². The average molecular weight is 396 g/mol. The maximum atomic E-state index is 6.33. The van der Waals surface area contributed by atoms with Gasteiger partial charge in [-0.05, 0) is 30.6 Å². The summed E-state index contributed by atoms with van der Waals surface area (Å²) in [6.07, 6.45) is 5.02. The first-order chi connectivity index (χ1) is 11.8. The molecule has 4 nitrogen and oxygen atoms in total. The topological polar surface area (TPSA) is 37.7 Å². The van der Waals surface area contributed by atoms with E-state index in [9.17, 15) is 0 Å². The Hall–Kier alpha value is -0.913. The molecule has 0 saturated heterocycles. The van der Waals surface area contributed by atoms with Gasteiger partial charge in [-0.2, -0.15) is 0 Å². The van der Waals surface area contributed by atoms with Gasteiger partial charge < -0.3 is 9.33 Å². The van der Waals surface area contributed by atoms with E-state index in [0.29, 0.717) is 5.15 Å². The second kappa shape index (κ2) is 7.61. The van der Waals surface area contributed by atoms with Crippen LogP contribution in [0.25, 0.3) is 6.20 Å². The molecule has 1 aromatic heterocycles. The molecule has 0 fully saturated rings. The second-order valence-electron chi connectivity index (χ2n) is 9.76. The van der Waals surface area contributed by atoms with Gasteiger partial charge in [0.1, 0.15) is 11.3 Å². The molecule has 0 bridgehead atoms. The van der Waals surface area contributed by atoms with Crippen LogP contribution in [-0.2, 0) is 4.43 Å². The SMILES string of the molecule is CC(C)(C)C1N=c2cnc(Cl)cc2=CN1CCCO[Si](C)(C)C(C)(C)C. The maximum Gasteiger partial charge on any atom is 0.191 e. The molecule has 1 unspecified atom stereocenters. The third kappa shape index (κ3) is 5.08. The quantitative estimate of drug-likeness (QED) is 0.426. The molecule has 146 valence electrons. The van der Waals surface area contributed by atoms with E-state index in [4.69, 9.17) is 21.0 Å². The minimum Gasteiger partial charge on any atom is -0.417 e. The van der Waals surface area contributed by atoms with Gasteiger partial charge in [-0.1, -0.05) is 53.1 Å². The Labute approximate surface area is 164 Å². The lowest BCUT2D eigenvalue weighted by atomic mass is 9.91. The number of halogens is 1. The van der Waals surface area contributed by atoms with E-state index in [1.165, 1.54) is 0 Å². The van der Waals surface area contributed by atoms with Crippen LogP contribution in [0.4, 0.5) is 0 Å². The van der Waals surface area contributed by atoms with Crippen LogP contribution in [-0.4, -0.2) is 37.5 Å². The van der Waals surface area contributed by atoms with E-state index < -0.39 is 8.32 Å². The van der Waals surface area contributed by atoms with Crippen LogP contribution in [0.2, 0.25) is 23.3 Å². The normalized spacial score (nSPS) is 18.2. The first-order valence-electron chi connectivity index (χ1n) is 9.42. The number of hydrogen-bond acceptors (Lipinski definition) is 4. The summed E-state index contributed by atoms with van der Waals surface area (Å²) < 4.78 is 6.33. The lowest BCUT2D eigenvalue weighted by Gasteiger charge is -2.39. The van der Waals surface area contributed by atoms with Crippen LogP contribution in [0.1, 0.15) is 48.0 Å². The van der Waals surface area contributed by atoms with Crippen LogP contribution < -0.4 is 10.6 Å². The molecule has 0 N–H and O–H groups in total. The van der Waals surface area contributed by atoms with Crippen LogP contribution in [0.3, 0.4) is 0 Å². The van der Waals surface area contributed by atoms with Crippen molar-refractivity contribution >= 4 is 26.1 Å². The first kappa shape index (κ1) is 21.4. The highest BCUT2D eigenvalue weighted by Gasteiger charge is 2.37. The summed E-state index contributed by atoms with van der Waals surface area (Å²) in [6.45, 7) is 19.8. The molecule has 0 spiro atoms. The fraction of sp³-hybridized carbons (Fsp3) is 0.700. The zero-order valence-corrected chi connectivity index (χ0v) is 19.3. The van der Waals surface area contributed by atoms with E-state index in [-0.39, 0.29) is 16.6 Å². The molecular formula is C20H34ClN3OSi. The van der Waals surface area contributed by atoms with Gasteiger partial charge in [-0.25, -0.2) is 4.98 Å². The van der Waals surface area contributed by atoms with Gasteiger partial charge in [0.15, 0.2) is 8.32 Å². The third-order valence-corrected chi connectivity index (χ3v) is 10.1. The van der Waals surface area contributed by atoms with Crippen molar-refractivity contribution in [1.29, 1.82) is 0 Å². The summed E-state index contributed by atoms with van der Waals surface area (Å²) in [6, 6.07) is 1.89. The summed E-state index contributed by atoms with van der Waals surface area (Å²) in [5, 5.41) is 2.71. The Bertz CT molecular complexity index is 750. The fourth-order valence-electron chi connectivity index (χ4n) is 2.77. The molecule has 0 aliphatic carbocycles. The highest BCUT2D eigenvalue weighted by molar-refractivity contribution is 6.74. The van der Waals surface area contributed by atoms with Crippen molar-refractivity contribution in [2.45, 2.75) is 72.3 Å². The van der Waals surface area contributed by atoms with Crippen LogP contribution >= 0.6 is 11.6 Å². The molecule has 0 radical (unpaired) electrons. The third-order valence-electron chi connectivity index (χ3n) is 5.37. The van der Waals surface area contributed by atoms with Crippen molar-refractivity contribution < 1.29 is 4.43 Å². The van der Waals surface area contributed by atoms with Crippen molar-refractivity contribution in [3.63, 3.8) is 0 Å². The summed E-state index contributed by atoms with van der Waals surface area (Å²) in [7, 11) is -1.69. The number of pyridine rings is 1. The van der Waals surface area contributed by atoms with E-state index in [2.05, 4.69) is 70.7 Å². The molecule has 0 amide bonds. The zero-order valence-electron chi connectivity index (χ0n) is 17.6. The molecule has 2 rings (SSSR count). The van der Waals surface area contributed by atoms with E-state index in [0.717, 1.165) is 30.1 Å². The molecule has 1 atom stereocenters. The Morgan fingerprint density at radius 1 is 1.19 bits per heavy atom. The smallest absolute Gasteiger partial charge is 0.191 e. The molecule has 2 heterocycles. The Balaban J connectivity index is 2.11. The number of hydrogen-bond donors (Lipinski definition) is 0. The molecule has 6 heteroatoms. The highest BCUT2D eigenvalue weighted by atomic mass is 35.5.